The Kier molecular flexibility index (Phi) is 5.08. The number of sulfone groups is 1. The Bertz CT molecular complexity index is 401. The Balaban J connectivity index is 2.38. The maximum absolute atomic E-state index is 11.9. The molecule has 0 aromatic rings. The van der Waals surface area contributed by atoms with Crippen molar-refractivity contribution in [2.45, 2.75) is 31.8 Å². The smallest absolute Gasteiger partial charge is 0.232 e. The Morgan fingerprint density at radius 1 is 1.50 bits per heavy atom. The molecule has 1 rings (SSSR count). The number of carbonyl (C=O) groups excluding carboxylic acids is 1. The molecular weight excluding hydrogens is 272 g/mol. The first-order valence-electron chi connectivity index (χ1n) is 5.93. The molecular formula is C11H22N2O3S2. The lowest BCUT2D eigenvalue weighted by Crippen LogP contribution is -2.40. The average molecular weight is 294 g/mol. The molecule has 1 aliphatic rings. The summed E-state index contributed by atoms with van der Waals surface area (Å²) in [4.78, 5) is 13.5. The molecule has 0 spiro atoms. The zero-order valence-corrected chi connectivity index (χ0v) is 12.8. The monoisotopic (exact) mass is 294 g/mol. The van der Waals surface area contributed by atoms with E-state index in [9.17, 15) is 13.2 Å². The van der Waals surface area contributed by atoms with Gasteiger partial charge in [-0.05, 0) is 20.3 Å². The molecule has 1 amide bonds. The lowest BCUT2D eigenvalue weighted by Gasteiger charge is -2.24. The van der Waals surface area contributed by atoms with Crippen molar-refractivity contribution >= 4 is 27.5 Å². The molecule has 0 radical (unpaired) electrons. The van der Waals surface area contributed by atoms with Gasteiger partial charge in [0, 0.05) is 24.4 Å². The molecule has 1 atom stereocenters. The number of carbonyl (C=O) groups is 1. The topological polar surface area (TPSA) is 80.5 Å². The van der Waals surface area contributed by atoms with Gasteiger partial charge < -0.3 is 10.6 Å². The molecule has 1 fully saturated rings. The third-order valence-corrected chi connectivity index (χ3v) is 6.00. The fourth-order valence-corrected chi connectivity index (χ4v) is 4.57. The largest absolute Gasteiger partial charge is 0.341 e. The van der Waals surface area contributed by atoms with Gasteiger partial charge in [-0.2, -0.15) is 11.8 Å². The highest BCUT2D eigenvalue weighted by molar-refractivity contribution is 8.00. The first-order chi connectivity index (χ1) is 8.11. The maximum atomic E-state index is 11.9. The van der Waals surface area contributed by atoms with E-state index >= 15 is 0 Å². The summed E-state index contributed by atoms with van der Waals surface area (Å²) in [6.07, 6.45) is 0.553. The zero-order chi connectivity index (χ0) is 14.0. The number of amides is 1. The Hall–Kier alpha value is -0.270. The molecule has 106 valence electrons. The molecule has 5 nitrogen and oxygen atoms in total. The van der Waals surface area contributed by atoms with Gasteiger partial charge >= 0.3 is 0 Å². The van der Waals surface area contributed by atoms with Crippen molar-refractivity contribution in [2.75, 3.05) is 30.1 Å². The first kappa shape index (κ1) is 15.8. The van der Waals surface area contributed by atoms with Crippen molar-refractivity contribution in [1.29, 1.82) is 0 Å². The predicted molar refractivity (Wildman–Crippen MR) is 75.4 cm³/mol. The molecule has 0 bridgehead atoms. The van der Waals surface area contributed by atoms with Crippen LogP contribution in [0.5, 0.6) is 0 Å². The molecule has 1 unspecified atom stereocenters. The quantitative estimate of drug-likeness (QED) is 0.778. The van der Waals surface area contributed by atoms with E-state index in [0.29, 0.717) is 17.9 Å². The minimum atomic E-state index is -2.94. The number of hydrogen-bond donors (Lipinski definition) is 1. The highest BCUT2D eigenvalue weighted by Gasteiger charge is 2.32. The molecule has 0 aromatic heterocycles. The second-order valence-electron chi connectivity index (χ2n) is 5.54. The van der Waals surface area contributed by atoms with Crippen molar-refractivity contribution < 1.29 is 13.2 Å². The lowest BCUT2D eigenvalue weighted by atomic mass is 10.1. The third kappa shape index (κ3) is 5.16. The second kappa shape index (κ2) is 5.79. The van der Waals surface area contributed by atoms with Gasteiger partial charge in [0.25, 0.3) is 0 Å². The van der Waals surface area contributed by atoms with Crippen molar-refractivity contribution in [3.63, 3.8) is 0 Å². The fourth-order valence-electron chi connectivity index (χ4n) is 1.79. The van der Waals surface area contributed by atoms with Crippen molar-refractivity contribution in [3.05, 3.63) is 0 Å². The van der Waals surface area contributed by atoms with Crippen LogP contribution in [0, 0.1) is 0 Å². The summed E-state index contributed by atoms with van der Waals surface area (Å²) in [5.41, 5.74) is 5.54. The normalized spacial score (nSPS) is 23.0. The van der Waals surface area contributed by atoms with Crippen LogP contribution in [-0.4, -0.2) is 60.9 Å². The van der Waals surface area contributed by atoms with E-state index in [0.717, 1.165) is 0 Å². The molecule has 7 heteroatoms. The zero-order valence-electron chi connectivity index (χ0n) is 11.2. The number of hydrogen-bond acceptors (Lipinski definition) is 5. The third-order valence-electron chi connectivity index (χ3n) is 2.85. The molecule has 18 heavy (non-hydrogen) atoms. The van der Waals surface area contributed by atoms with Gasteiger partial charge in [-0.25, -0.2) is 8.42 Å². The SMILES string of the molecule is CN(C(=O)CSCC(C)(C)N)C1CCS(=O)(=O)C1. The molecule has 2 N–H and O–H groups in total. The summed E-state index contributed by atoms with van der Waals surface area (Å²) < 4.78 is 22.7. The van der Waals surface area contributed by atoms with Gasteiger partial charge in [-0.15, -0.1) is 0 Å². The van der Waals surface area contributed by atoms with Gasteiger partial charge in [-0.3, -0.25) is 4.79 Å². The second-order valence-corrected chi connectivity index (χ2v) is 8.76. The predicted octanol–water partition coefficient (Wildman–Crippen LogP) is 0.102. The van der Waals surface area contributed by atoms with E-state index in [1.165, 1.54) is 11.8 Å². The van der Waals surface area contributed by atoms with Crippen molar-refractivity contribution in [3.8, 4) is 0 Å². The van der Waals surface area contributed by atoms with E-state index in [2.05, 4.69) is 0 Å². The molecule has 0 aliphatic carbocycles. The van der Waals surface area contributed by atoms with Crippen LogP contribution in [0.25, 0.3) is 0 Å². The van der Waals surface area contributed by atoms with E-state index in [1.807, 2.05) is 13.8 Å². The van der Waals surface area contributed by atoms with Crippen LogP contribution in [0.3, 0.4) is 0 Å². The van der Waals surface area contributed by atoms with E-state index in [1.54, 1.807) is 11.9 Å². The highest BCUT2D eigenvalue weighted by Crippen LogP contribution is 2.18. The Morgan fingerprint density at radius 2 is 2.11 bits per heavy atom. The van der Waals surface area contributed by atoms with E-state index in [-0.39, 0.29) is 29.0 Å². The minimum Gasteiger partial charge on any atom is -0.341 e. The number of thioether (sulfide) groups is 1. The van der Waals surface area contributed by atoms with Gasteiger partial charge in [-0.1, -0.05) is 0 Å². The van der Waals surface area contributed by atoms with Gasteiger partial charge in [0.2, 0.25) is 5.91 Å². The summed E-state index contributed by atoms with van der Waals surface area (Å²) >= 11 is 1.49. The maximum Gasteiger partial charge on any atom is 0.232 e. The van der Waals surface area contributed by atoms with E-state index in [4.69, 9.17) is 5.73 Å². The van der Waals surface area contributed by atoms with Gasteiger partial charge in [0.15, 0.2) is 9.84 Å². The highest BCUT2D eigenvalue weighted by atomic mass is 32.2. The van der Waals surface area contributed by atoms with Gasteiger partial charge in [0.05, 0.1) is 17.3 Å². The van der Waals surface area contributed by atoms with Crippen LogP contribution in [0.2, 0.25) is 0 Å². The number of nitrogens with zero attached hydrogens (tertiary/aromatic N) is 1. The standard InChI is InChI=1S/C11H22N2O3S2/c1-11(2,12)8-17-6-10(14)13(3)9-4-5-18(15,16)7-9/h9H,4-8,12H2,1-3H3. The molecule has 0 aromatic carbocycles. The van der Waals surface area contributed by atoms with Crippen LogP contribution in [0.4, 0.5) is 0 Å². The van der Waals surface area contributed by atoms with Crippen LogP contribution in [0.15, 0.2) is 0 Å². The summed E-state index contributed by atoms with van der Waals surface area (Å²) in [6.45, 7) is 3.83. The summed E-state index contributed by atoms with van der Waals surface area (Å²) in [5.74, 6) is 1.33. The van der Waals surface area contributed by atoms with E-state index < -0.39 is 9.84 Å². The first-order valence-corrected chi connectivity index (χ1v) is 8.91. The number of nitrogens with two attached hydrogens (primary N) is 1. The van der Waals surface area contributed by atoms with Crippen LogP contribution >= 0.6 is 11.8 Å². The van der Waals surface area contributed by atoms with Crippen LogP contribution in [-0.2, 0) is 14.6 Å². The Labute approximate surface area is 113 Å². The lowest BCUT2D eigenvalue weighted by molar-refractivity contribution is -0.128. The average Bonchev–Trinajstić information content (AvgIpc) is 2.55. The van der Waals surface area contributed by atoms with Crippen LogP contribution in [0.1, 0.15) is 20.3 Å². The fraction of sp³-hybridized carbons (Fsp3) is 0.909. The summed E-state index contributed by atoms with van der Waals surface area (Å²) in [6, 6.07) is -0.158. The minimum absolute atomic E-state index is 0.0219. The number of rotatable bonds is 5. The summed E-state index contributed by atoms with van der Waals surface area (Å²) in [5, 5.41) is 0. The molecule has 1 heterocycles. The molecule has 1 saturated heterocycles. The Morgan fingerprint density at radius 3 is 2.56 bits per heavy atom. The van der Waals surface area contributed by atoms with Crippen molar-refractivity contribution in [2.24, 2.45) is 5.73 Å². The van der Waals surface area contributed by atoms with Gasteiger partial charge in [0.1, 0.15) is 0 Å². The van der Waals surface area contributed by atoms with Crippen molar-refractivity contribution in [1.82, 2.24) is 4.90 Å². The van der Waals surface area contributed by atoms with Crippen LogP contribution < -0.4 is 5.73 Å². The molecule has 1 aliphatic heterocycles. The molecule has 0 saturated carbocycles. The summed E-state index contributed by atoms with van der Waals surface area (Å²) in [7, 11) is -1.26.